The van der Waals surface area contributed by atoms with Gasteiger partial charge in [0.05, 0.1) is 0 Å². The minimum absolute atomic E-state index is 0.0469. The van der Waals surface area contributed by atoms with Gasteiger partial charge in [-0.15, -0.1) is 0 Å². The van der Waals surface area contributed by atoms with Crippen LogP contribution in [0.2, 0.25) is 0 Å². The largest absolute Gasteiger partial charge is 0.324 e. The Balaban J connectivity index is 2.94. The number of nitrogens with two attached hydrogens (primary N) is 1. The van der Waals surface area contributed by atoms with Gasteiger partial charge in [0, 0.05) is 6.04 Å². The number of halogens is 1. The third kappa shape index (κ3) is 3.03. The maximum Gasteiger partial charge on any atom is 0.123 e. The molecule has 1 aromatic rings. The molecular weight excluding hydrogens is 189 g/mol. The van der Waals surface area contributed by atoms with Gasteiger partial charge in [0.1, 0.15) is 5.82 Å². The molecule has 15 heavy (non-hydrogen) atoms. The maximum absolute atomic E-state index is 13.2. The summed E-state index contributed by atoms with van der Waals surface area (Å²) >= 11 is 0. The van der Waals surface area contributed by atoms with E-state index >= 15 is 0 Å². The summed E-state index contributed by atoms with van der Waals surface area (Å²) in [7, 11) is 0. The van der Waals surface area contributed by atoms with Crippen molar-refractivity contribution in [2.24, 2.45) is 11.7 Å². The number of hydrogen-bond donors (Lipinski definition) is 1. The zero-order chi connectivity index (χ0) is 11.4. The minimum Gasteiger partial charge on any atom is -0.324 e. The Labute approximate surface area is 91.5 Å². The van der Waals surface area contributed by atoms with E-state index in [2.05, 4.69) is 13.8 Å². The van der Waals surface area contributed by atoms with Crippen LogP contribution in [0.3, 0.4) is 0 Å². The molecule has 84 valence electrons. The van der Waals surface area contributed by atoms with Gasteiger partial charge in [0.2, 0.25) is 0 Å². The Morgan fingerprint density at radius 3 is 2.27 bits per heavy atom. The fourth-order valence-corrected chi connectivity index (χ4v) is 2.03. The molecule has 0 bridgehead atoms. The quantitative estimate of drug-likeness (QED) is 0.806. The van der Waals surface area contributed by atoms with Crippen LogP contribution in [0.1, 0.15) is 43.9 Å². The summed E-state index contributed by atoms with van der Waals surface area (Å²) < 4.78 is 13.2. The molecule has 0 spiro atoms. The zero-order valence-electron chi connectivity index (χ0n) is 9.76. The third-order valence-corrected chi connectivity index (χ3v) is 3.01. The first kappa shape index (κ1) is 12.2. The van der Waals surface area contributed by atoms with Gasteiger partial charge in [-0.25, -0.2) is 4.39 Å². The van der Waals surface area contributed by atoms with Crippen molar-refractivity contribution >= 4 is 0 Å². The van der Waals surface area contributed by atoms with Crippen molar-refractivity contribution < 1.29 is 4.39 Å². The van der Waals surface area contributed by atoms with Crippen LogP contribution in [0.5, 0.6) is 0 Å². The smallest absolute Gasteiger partial charge is 0.123 e. The predicted octanol–water partition coefficient (Wildman–Crippen LogP) is 3.57. The van der Waals surface area contributed by atoms with Gasteiger partial charge in [0.25, 0.3) is 0 Å². The highest BCUT2D eigenvalue weighted by Crippen LogP contribution is 2.26. The molecule has 0 heterocycles. The number of aryl methyl sites for hydroxylation is 1. The molecular formula is C13H20FN. The average Bonchev–Trinajstić information content (AvgIpc) is 2.18. The molecule has 2 heteroatoms. The summed E-state index contributed by atoms with van der Waals surface area (Å²) in [5.41, 5.74) is 7.99. The zero-order valence-corrected chi connectivity index (χ0v) is 9.76. The molecule has 0 aromatic heterocycles. The molecule has 1 atom stereocenters. The summed E-state index contributed by atoms with van der Waals surface area (Å²) in [4.78, 5) is 0. The lowest BCUT2D eigenvalue weighted by Crippen LogP contribution is -2.20. The highest BCUT2D eigenvalue weighted by molar-refractivity contribution is 5.26. The normalized spacial score (nSPS) is 13.2. The van der Waals surface area contributed by atoms with Gasteiger partial charge in [-0.3, -0.25) is 0 Å². The van der Waals surface area contributed by atoms with Crippen LogP contribution < -0.4 is 5.73 Å². The Kier molecular flexibility index (Phi) is 4.28. The molecule has 0 radical (unpaired) electrons. The lowest BCUT2D eigenvalue weighted by Gasteiger charge is -2.21. The number of rotatable bonds is 4. The van der Waals surface area contributed by atoms with E-state index in [0.717, 1.165) is 24.0 Å². The topological polar surface area (TPSA) is 26.0 Å². The molecule has 0 aliphatic rings. The van der Waals surface area contributed by atoms with E-state index in [-0.39, 0.29) is 11.9 Å². The van der Waals surface area contributed by atoms with Gasteiger partial charge in [0.15, 0.2) is 0 Å². The van der Waals surface area contributed by atoms with Crippen LogP contribution in [-0.2, 0) is 0 Å². The molecule has 0 saturated heterocycles. The number of benzene rings is 1. The second kappa shape index (κ2) is 5.26. The van der Waals surface area contributed by atoms with Crippen LogP contribution >= 0.6 is 0 Å². The van der Waals surface area contributed by atoms with Crippen molar-refractivity contribution in [3.8, 4) is 0 Å². The molecule has 0 saturated carbocycles. The van der Waals surface area contributed by atoms with Gasteiger partial charge in [-0.2, -0.15) is 0 Å². The second-order valence-corrected chi connectivity index (χ2v) is 4.16. The van der Waals surface area contributed by atoms with Gasteiger partial charge in [-0.1, -0.05) is 32.8 Å². The second-order valence-electron chi connectivity index (χ2n) is 4.16. The Morgan fingerprint density at radius 2 is 1.80 bits per heavy atom. The number of hydrogen-bond acceptors (Lipinski definition) is 1. The lowest BCUT2D eigenvalue weighted by atomic mass is 9.89. The molecule has 1 nitrogen and oxygen atoms in total. The molecule has 0 amide bonds. The average molecular weight is 209 g/mol. The summed E-state index contributed by atoms with van der Waals surface area (Å²) in [5, 5.41) is 0. The van der Waals surface area contributed by atoms with Crippen molar-refractivity contribution in [3.63, 3.8) is 0 Å². The highest BCUT2D eigenvalue weighted by Gasteiger charge is 2.16. The van der Waals surface area contributed by atoms with Crippen LogP contribution in [0.25, 0.3) is 0 Å². The standard InChI is InChI=1S/C13H20FN/c1-4-10(5-2)13(15)11-6-9(3)7-12(14)8-11/h6-8,10,13H,4-5,15H2,1-3H3. The van der Waals surface area contributed by atoms with Crippen molar-refractivity contribution in [2.45, 2.75) is 39.7 Å². The Bertz CT molecular complexity index is 298. The summed E-state index contributed by atoms with van der Waals surface area (Å²) in [5.74, 6) is 0.248. The molecule has 2 N–H and O–H groups in total. The predicted molar refractivity (Wildman–Crippen MR) is 62.1 cm³/mol. The summed E-state index contributed by atoms with van der Waals surface area (Å²) in [6.45, 7) is 6.15. The molecule has 0 aliphatic heterocycles. The molecule has 0 aliphatic carbocycles. The molecule has 1 rings (SSSR count). The van der Waals surface area contributed by atoms with Gasteiger partial charge < -0.3 is 5.73 Å². The lowest BCUT2D eigenvalue weighted by molar-refractivity contribution is 0.404. The van der Waals surface area contributed by atoms with E-state index < -0.39 is 0 Å². The highest BCUT2D eigenvalue weighted by atomic mass is 19.1. The summed E-state index contributed by atoms with van der Waals surface area (Å²) in [6.07, 6.45) is 2.07. The van der Waals surface area contributed by atoms with E-state index in [1.807, 2.05) is 13.0 Å². The van der Waals surface area contributed by atoms with Gasteiger partial charge >= 0.3 is 0 Å². The van der Waals surface area contributed by atoms with Crippen molar-refractivity contribution in [2.75, 3.05) is 0 Å². The van der Waals surface area contributed by atoms with E-state index in [0.29, 0.717) is 5.92 Å². The Morgan fingerprint density at radius 1 is 1.20 bits per heavy atom. The van der Waals surface area contributed by atoms with Crippen molar-refractivity contribution in [1.29, 1.82) is 0 Å². The van der Waals surface area contributed by atoms with Crippen LogP contribution in [0, 0.1) is 18.7 Å². The first-order valence-corrected chi connectivity index (χ1v) is 5.61. The van der Waals surface area contributed by atoms with E-state index in [1.54, 1.807) is 6.07 Å². The van der Waals surface area contributed by atoms with Crippen LogP contribution in [0.4, 0.5) is 4.39 Å². The van der Waals surface area contributed by atoms with E-state index in [4.69, 9.17) is 5.73 Å². The fraction of sp³-hybridized carbons (Fsp3) is 0.538. The minimum atomic E-state index is -0.189. The monoisotopic (exact) mass is 209 g/mol. The van der Waals surface area contributed by atoms with Crippen molar-refractivity contribution in [3.05, 3.63) is 35.1 Å². The van der Waals surface area contributed by atoms with E-state index in [1.165, 1.54) is 6.07 Å². The first-order valence-electron chi connectivity index (χ1n) is 5.61. The fourth-order valence-electron chi connectivity index (χ4n) is 2.03. The molecule has 1 unspecified atom stereocenters. The van der Waals surface area contributed by atoms with Crippen LogP contribution in [-0.4, -0.2) is 0 Å². The van der Waals surface area contributed by atoms with Crippen molar-refractivity contribution in [1.82, 2.24) is 0 Å². The molecule has 1 aromatic carbocycles. The van der Waals surface area contributed by atoms with Crippen LogP contribution in [0.15, 0.2) is 18.2 Å². The van der Waals surface area contributed by atoms with Gasteiger partial charge in [-0.05, 0) is 36.1 Å². The third-order valence-electron chi connectivity index (χ3n) is 3.01. The maximum atomic E-state index is 13.2. The van der Waals surface area contributed by atoms with E-state index in [9.17, 15) is 4.39 Å². The first-order chi connectivity index (χ1) is 7.08. The Hall–Kier alpha value is -0.890. The SMILES string of the molecule is CCC(CC)C(N)c1cc(C)cc(F)c1. The molecule has 0 fully saturated rings. The summed E-state index contributed by atoms with van der Waals surface area (Å²) in [6, 6.07) is 5.01.